The first kappa shape index (κ1) is 20.9. The van der Waals surface area contributed by atoms with E-state index in [1.807, 2.05) is 36.4 Å². The average Bonchev–Trinajstić information content (AvgIpc) is 3.14. The number of esters is 1. The minimum Gasteiger partial charge on any atom is -0.451 e. The summed E-state index contributed by atoms with van der Waals surface area (Å²) < 4.78 is 5.09. The van der Waals surface area contributed by atoms with Gasteiger partial charge in [0, 0.05) is 6.08 Å². The summed E-state index contributed by atoms with van der Waals surface area (Å²) in [7, 11) is 0. The van der Waals surface area contributed by atoms with Crippen LogP contribution in [0.2, 0.25) is 0 Å². The lowest BCUT2D eigenvalue weighted by Crippen LogP contribution is -2.41. The highest BCUT2D eigenvalue weighted by molar-refractivity contribution is 7.14. The number of carbonyl (C=O) groups is 3. The van der Waals surface area contributed by atoms with E-state index in [2.05, 4.69) is 10.6 Å². The Hall–Kier alpha value is -3.44. The molecule has 0 fully saturated rings. The van der Waals surface area contributed by atoms with Crippen LogP contribution in [0, 0.1) is 11.3 Å². The highest BCUT2D eigenvalue weighted by Gasteiger charge is 2.23. The highest BCUT2D eigenvalue weighted by atomic mass is 32.1. The molecule has 0 aliphatic rings. The number of carbonyl (C=O) groups excluding carboxylic acids is 3. The number of hydrogen-bond acceptors (Lipinski definition) is 6. The molecule has 2 amide bonds. The molecular formula is C20H19N3O4S. The number of anilines is 1. The molecular weight excluding hydrogens is 378 g/mol. The molecule has 0 bridgehead atoms. The third-order valence-electron chi connectivity index (χ3n) is 3.62. The van der Waals surface area contributed by atoms with Gasteiger partial charge in [0.2, 0.25) is 5.91 Å². The number of thiophene rings is 1. The highest BCUT2D eigenvalue weighted by Crippen LogP contribution is 2.22. The first-order valence-electron chi connectivity index (χ1n) is 8.43. The summed E-state index contributed by atoms with van der Waals surface area (Å²) in [5.74, 6) is -1.76. The van der Waals surface area contributed by atoms with E-state index >= 15 is 0 Å². The Morgan fingerprint density at radius 2 is 1.89 bits per heavy atom. The Morgan fingerprint density at radius 1 is 1.18 bits per heavy atom. The molecule has 0 aliphatic carbocycles. The number of nitriles is 1. The lowest BCUT2D eigenvalue weighted by atomic mass is 10.2. The van der Waals surface area contributed by atoms with Crippen LogP contribution >= 0.6 is 11.3 Å². The van der Waals surface area contributed by atoms with Gasteiger partial charge in [-0.25, -0.2) is 4.79 Å². The third-order valence-corrected chi connectivity index (χ3v) is 4.45. The van der Waals surface area contributed by atoms with Gasteiger partial charge in [-0.1, -0.05) is 30.3 Å². The Bertz CT molecular complexity index is 915. The van der Waals surface area contributed by atoms with Gasteiger partial charge in [0.1, 0.15) is 17.1 Å². The number of nitrogens with zero attached hydrogens (tertiary/aromatic N) is 1. The fourth-order valence-corrected chi connectivity index (χ4v) is 2.83. The van der Waals surface area contributed by atoms with Crippen molar-refractivity contribution in [3.8, 4) is 6.07 Å². The number of nitrogens with one attached hydrogen (secondary N) is 2. The SMILES string of the molecule is C[C@H](NC(=O)/C=C/c1ccccc1)C(=O)O[C@H](C)C(=O)Nc1sccc1C#N. The van der Waals surface area contributed by atoms with Crippen LogP contribution in [-0.4, -0.2) is 29.9 Å². The van der Waals surface area contributed by atoms with Crippen molar-refractivity contribution in [2.45, 2.75) is 26.0 Å². The summed E-state index contributed by atoms with van der Waals surface area (Å²) in [6.07, 6.45) is 1.85. The Kier molecular flexibility index (Phi) is 7.48. The van der Waals surface area contributed by atoms with Gasteiger partial charge in [0.15, 0.2) is 6.10 Å². The minimum atomic E-state index is -1.08. The molecule has 7 nitrogen and oxygen atoms in total. The monoisotopic (exact) mass is 397 g/mol. The Labute approximate surface area is 166 Å². The van der Waals surface area contributed by atoms with E-state index in [1.165, 1.54) is 31.3 Å². The van der Waals surface area contributed by atoms with E-state index < -0.39 is 29.9 Å². The zero-order valence-corrected chi connectivity index (χ0v) is 16.2. The topological polar surface area (TPSA) is 108 Å². The van der Waals surface area contributed by atoms with Gasteiger partial charge in [-0.2, -0.15) is 5.26 Å². The largest absolute Gasteiger partial charge is 0.451 e. The van der Waals surface area contributed by atoms with Crippen LogP contribution in [0.15, 0.2) is 47.9 Å². The van der Waals surface area contributed by atoms with Crippen molar-refractivity contribution in [3.63, 3.8) is 0 Å². The second-order valence-corrected chi connectivity index (χ2v) is 6.73. The quantitative estimate of drug-likeness (QED) is 0.552. The lowest BCUT2D eigenvalue weighted by molar-refractivity contribution is -0.155. The molecule has 28 heavy (non-hydrogen) atoms. The predicted molar refractivity (Wildman–Crippen MR) is 106 cm³/mol. The first-order valence-corrected chi connectivity index (χ1v) is 9.31. The van der Waals surface area contributed by atoms with Gasteiger partial charge in [-0.05, 0) is 36.9 Å². The zero-order valence-electron chi connectivity index (χ0n) is 15.3. The fourth-order valence-electron chi connectivity index (χ4n) is 2.09. The number of hydrogen-bond donors (Lipinski definition) is 2. The molecule has 0 spiro atoms. The molecule has 0 radical (unpaired) electrons. The molecule has 1 aromatic carbocycles. The Balaban J connectivity index is 1.83. The van der Waals surface area contributed by atoms with Crippen molar-refractivity contribution in [1.82, 2.24) is 5.32 Å². The summed E-state index contributed by atoms with van der Waals surface area (Å²) in [4.78, 5) is 36.1. The van der Waals surface area contributed by atoms with Gasteiger partial charge >= 0.3 is 5.97 Å². The van der Waals surface area contributed by atoms with Gasteiger partial charge in [-0.15, -0.1) is 11.3 Å². The van der Waals surface area contributed by atoms with Crippen LogP contribution in [0.4, 0.5) is 5.00 Å². The van der Waals surface area contributed by atoms with Crippen LogP contribution in [0.3, 0.4) is 0 Å². The molecule has 8 heteroatoms. The van der Waals surface area contributed by atoms with Crippen LogP contribution in [-0.2, 0) is 19.1 Å². The van der Waals surface area contributed by atoms with Crippen LogP contribution in [0.5, 0.6) is 0 Å². The Morgan fingerprint density at radius 3 is 2.57 bits per heavy atom. The molecule has 1 heterocycles. The van der Waals surface area contributed by atoms with Crippen LogP contribution in [0.1, 0.15) is 25.0 Å². The summed E-state index contributed by atoms with van der Waals surface area (Å²) in [6, 6.07) is 11.9. The summed E-state index contributed by atoms with van der Waals surface area (Å²) in [6.45, 7) is 2.88. The average molecular weight is 397 g/mol. The van der Waals surface area contributed by atoms with E-state index in [-0.39, 0.29) is 0 Å². The summed E-state index contributed by atoms with van der Waals surface area (Å²) in [5.41, 5.74) is 1.19. The summed E-state index contributed by atoms with van der Waals surface area (Å²) in [5, 5.41) is 16.0. The number of amides is 2. The van der Waals surface area contributed by atoms with Crippen molar-refractivity contribution >= 4 is 40.2 Å². The fraction of sp³-hybridized carbons (Fsp3) is 0.200. The van der Waals surface area contributed by atoms with Crippen molar-refractivity contribution in [2.24, 2.45) is 0 Å². The molecule has 0 aliphatic heterocycles. The maximum Gasteiger partial charge on any atom is 0.329 e. The van der Waals surface area contributed by atoms with E-state index in [0.717, 1.165) is 5.56 Å². The zero-order chi connectivity index (χ0) is 20.5. The van der Waals surface area contributed by atoms with E-state index in [4.69, 9.17) is 10.00 Å². The second-order valence-electron chi connectivity index (χ2n) is 5.82. The van der Waals surface area contributed by atoms with Crippen LogP contribution in [0.25, 0.3) is 6.08 Å². The normalized spacial score (nSPS) is 12.6. The molecule has 0 saturated heterocycles. The van der Waals surface area contributed by atoms with Crippen molar-refractivity contribution in [3.05, 3.63) is 59.0 Å². The number of rotatable bonds is 7. The van der Waals surface area contributed by atoms with E-state index in [0.29, 0.717) is 10.6 Å². The van der Waals surface area contributed by atoms with Gasteiger partial charge in [-0.3, -0.25) is 9.59 Å². The molecule has 2 N–H and O–H groups in total. The maximum absolute atomic E-state index is 12.1. The second kappa shape index (κ2) is 10.0. The van der Waals surface area contributed by atoms with E-state index in [9.17, 15) is 14.4 Å². The van der Waals surface area contributed by atoms with Crippen molar-refractivity contribution in [2.75, 3.05) is 5.32 Å². The molecule has 2 aromatic rings. The summed E-state index contributed by atoms with van der Waals surface area (Å²) >= 11 is 1.20. The van der Waals surface area contributed by atoms with Crippen LogP contribution < -0.4 is 10.6 Å². The standard InChI is InChI=1S/C20H19N3O4S/c1-13(22-17(24)9-8-15-6-4-3-5-7-15)20(26)27-14(2)18(25)23-19-16(12-21)10-11-28-19/h3-11,13-14H,1-2H3,(H,22,24)(H,23,25)/b9-8+/t13-,14+/m0/s1. The minimum absolute atomic E-state index is 0.336. The van der Waals surface area contributed by atoms with Gasteiger partial charge < -0.3 is 15.4 Å². The smallest absolute Gasteiger partial charge is 0.329 e. The molecule has 0 saturated carbocycles. The van der Waals surface area contributed by atoms with Gasteiger partial charge in [0.25, 0.3) is 5.91 Å². The van der Waals surface area contributed by atoms with Crippen molar-refractivity contribution < 1.29 is 19.1 Å². The lowest BCUT2D eigenvalue weighted by Gasteiger charge is -2.16. The maximum atomic E-state index is 12.1. The molecule has 1 aromatic heterocycles. The molecule has 2 atom stereocenters. The first-order chi connectivity index (χ1) is 13.4. The van der Waals surface area contributed by atoms with E-state index in [1.54, 1.807) is 17.5 Å². The van der Waals surface area contributed by atoms with Crippen molar-refractivity contribution in [1.29, 1.82) is 5.26 Å². The molecule has 0 unspecified atom stereocenters. The number of ether oxygens (including phenoxy) is 1. The molecule has 2 rings (SSSR count). The van der Waals surface area contributed by atoms with Gasteiger partial charge in [0.05, 0.1) is 5.56 Å². The molecule has 144 valence electrons. The third kappa shape index (κ3) is 6.07. The predicted octanol–water partition coefficient (Wildman–Crippen LogP) is 2.71. The number of benzene rings is 1.